The lowest BCUT2D eigenvalue weighted by molar-refractivity contribution is 0.0769. The molecule has 0 saturated carbocycles. The van der Waals surface area contributed by atoms with Gasteiger partial charge in [0.15, 0.2) is 4.96 Å². The van der Waals surface area contributed by atoms with Gasteiger partial charge >= 0.3 is 0 Å². The Labute approximate surface area is 155 Å². The molecule has 134 valence electrons. The fourth-order valence-electron chi connectivity index (χ4n) is 3.53. The van der Waals surface area contributed by atoms with E-state index in [-0.39, 0.29) is 11.5 Å². The van der Waals surface area contributed by atoms with Crippen molar-refractivity contribution in [2.24, 2.45) is 5.92 Å². The van der Waals surface area contributed by atoms with Crippen LogP contribution in [0.2, 0.25) is 0 Å². The minimum Gasteiger partial charge on any atom is -0.371 e. The summed E-state index contributed by atoms with van der Waals surface area (Å²) < 4.78 is 1.69. The number of anilines is 1. The van der Waals surface area contributed by atoms with Gasteiger partial charge in [-0.15, -0.1) is 11.3 Å². The van der Waals surface area contributed by atoms with Crippen LogP contribution in [0, 0.1) is 5.92 Å². The largest absolute Gasteiger partial charge is 0.371 e. The van der Waals surface area contributed by atoms with Crippen LogP contribution >= 0.6 is 11.3 Å². The van der Waals surface area contributed by atoms with Crippen LogP contribution in [-0.2, 0) is 0 Å². The molecule has 0 radical (unpaired) electrons. The highest BCUT2D eigenvalue weighted by atomic mass is 32.1. The van der Waals surface area contributed by atoms with E-state index < -0.39 is 0 Å². The fraction of sp³-hybridized carbons (Fsp3) is 0.316. The summed E-state index contributed by atoms with van der Waals surface area (Å²) >= 11 is 1.35. The monoisotopic (exact) mass is 368 g/mol. The molecule has 1 unspecified atom stereocenters. The Balaban J connectivity index is 1.46. The number of para-hydroxylation sites is 1. The summed E-state index contributed by atoms with van der Waals surface area (Å²) in [5.41, 5.74) is 1.23. The van der Waals surface area contributed by atoms with Crippen molar-refractivity contribution < 1.29 is 4.79 Å². The highest BCUT2D eigenvalue weighted by molar-refractivity contribution is 7.15. The van der Waals surface area contributed by atoms with Crippen LogP contribution in [0.4, 0.5) is 5.69 Å². The third-order valence-electron chi connectivity index (χ3n) is 4.82. The molecule has 1 fully saturated rings. The summed E-state index contributed by atoms with van der Waals surface area (Å²) in [6.07, 6.45) is 2.83. The first-order valence-corrected chi connectivity index (χ1v) is 9.52. The lowest BCUT2D eigenvalue weighted by Crippen LogP contribution is -2.34. The maximum atomic E-state index is 12.9. The van der Waals surface area contributed by atoms with Gasteiger partial charge in [0.1, 0.15) is 5.69 Å². The van der Waals surface area contributed by atoms with E-state index in [1.54, 1.807) is 22.5 Å². The van der Waals surface area contributed by atoms with Crippen molar-refractivity contribution in [3.05, 3.63) is 64.0 Å². The SMILES string of the molecule is CN(CC1CCN(c2ccccc2)C1)C(=O)c1cc(=O)nc2sccn12. The Bertz CT molecular complexity index is 982. The molecule has 1 aromatic carbocycles. The molecule has 3 aromatic rings. The number of carbonyl (C=O) groups excluding carboxylic acids is 1. The minimum absolute atomic E-state index is 0.143. The summed E-state index contributed by atoms with van der Waals surface area (Å²) in [4.78, 5) is 33.2. The molecular weight excluding hydrogens is 348 g/mol. The first kappa shape index (κ1) is 16.8. The first-order chi connectivity index (χ1) is 12.6. The van der Waals surface area contributed by atoms with Crippen LogP contribution in [0.1, 0.15) is 16.9 Å². The van der Waals surface area contributed by atoms with Crippen LogP contribution < -0.4 is 10.5 Å². The predicted octanol–water partition coefficient (Wildman–Crippen LogP) is 2.35. The second kappa shape index (κ2) is 6.92. The molecule has 1 amide bonds. The van der Waals surface area contributed by atoms with Gasteiger partial charge in [-0.2, -0.15) is 4.98 Å². The normalized spacial score (nSPS) is 17.0. The number of hydrogen-bond donors (Lipinski definition) is 0. The molecule has 3 heterocycles. The number of benzene rings is 1. The molecule has 0 aliphatic carbocycles. The van der Waals surface area contributed by atoms with E-state index in [0.717, 1.165) is 19.5 Å². The van der Waals surface area contributed by atoms with Gasteiger partial charge in [0.05, 0.1) is 0 Å². The Hall–Kier alpha value is -2.67. The lowest BCUT2D eigenvalue weighted by Gasteiger charge is -2.23. The van der Waals surface area contributed by atoms with Gasteiger partial charge in [-0.05, 0) is 24.5 Å². The zero-order chi connectivity index (χ0) is 18.1. The Kier molecular flexibility index (Phi) is 4.46. The highest BCUT2D eigenvalue weighted by Gasteiger charge is 2.26. The highest BCUT2D eigenvalue weighted by Crippen LogP contribution is 2.24. The summed E-state index contributed by atoms with van der Waals surface area (Å²) in [5.74, 6) is 0.275. The molecule has 1 saturated heterocycles. The molecule has 1 atom stereocenters. The van der Waals surface area contributed by atoms with Gasteiger partial charge in [0, 0.05) is 50.0 Å². The number of fused-ring (bicyclic) bond motifs is 1. The van der Waals surface area contributed by atoms with Crippen molar-refractivity contribution in [1.82, 2.24) is 14.3 Å². The van der Waals surface area contributed by atoms with Gasteiger partial charge in [-0.25, -0.2) is 0 Å². The van der Waals surface area contributed by atoms with Gasteiger partial charge in [0.25, 0.3) is 11.5 Å². The summed E-state index contributed by atoms with van der Waals surface area (Å²) in [5, 5.41) is 1.83. The molecule has 7 heteroatoms. The Morgan fingerprint density at radius 1 is 1.35 bits per heavy atom. The third-order valence-corrected chi connectivity index (χ3v) is 5.58. The van der Waals surface area contributed by atoms with Crippen molar-refractivity contribution >= 4 is 27.9 Å². The van der Waals surface area contributed by atoms with Crippen LogP contribution in [-0.4, -0.2) is 46.9 Å². The molecule has 1 aliphatic rings. The standard InChI is InChI=1S/C19H20N4O2S/c1-21(12-14-7-8-22(13-14)15-5-3-2-4-6-15)18(25)16-11-17(24)20-19-23(16)9-10-26-19/h2-6,9-11,14H,7-8,12-13H2,1H3. The van der Waals surface area contributed by atoms with E-state index in [2.05, 4.69) is 22.0 Å². The van der Waals surface area contributed by atoms with Crippen LogP contribution in [0.25, 0.3) is 4.96 Å². The molecule has 26 heavy (non-hydrogen) atoms. The van der Waals surface area contributed by atoms with Crippen LogP contribution in [0.15, 0.2) is 52.8 Å². The zero-order valence-corrected chi connectivity index (χ0v) is 15.4. The molecule has 6 nitrogen and oxygen atoms in total. The van der Waals surface area contributed by atoms with Gasteiger partial charge in [-0.1, -0.05) is 18.2 Å². The molecule has 2 aromatic heterocycles. The smallest absolute Gasteiger partial charge is 0.274 e. The molecular formula is C19H20N4O2S. The summed E-state index contributed by atoms with van der Waals surface area (Å²) in [7, 11) is 1.80. The Morgan fingerprint density at radius 3 is 2.96 bits per heavy atom. The summed E-state index contributed by atoms with van der Waals surface area (Å²) in [6, 6.07) is 11.7. The van der Waals surface area contributed by atoms with E-state index in [0.29, 0.717) is 23.1 Å². The molecule has 0 bridgehead atoms. The fourth-order valence-corrected chi connectivity index (χ4v) is 4.25. The second-order valence-corrected chi connectivity index (χ2v) is 7.53. The maximum Gasteiger partial charge on any atom is 0.274 e. The minimum atomic E-state index is -0.375. The number of thiazole rings is 1. The number of rotatable bonds is 4. The second-order valence-electron chi connectivity index (χ2n) is 6.66. The van der Waals surface area contributed by atoms with Crippen molar-refractivity contribution in [3.63, 3.8) is 0 Å². The van der Waals surface area contributed by atoms with E-state index in [9.17, 15) is 9.59 Å². The van der Waals surface area contributed by atoms with Crippen molar-refractivity contribution in [3.8, 4) is 0 Å². The lowest BCUT2D eigenvalue weighted by atomic mass is 10.1. The van der Waals surface area contributed by atoms with E-state index in [1.807, 2.05) is 23.6 Å². The number of nitrogens with zero attached hydrogens (tertiary/aromatic N) is 4. The maximum absolute atomic E-state index is 12.9. The number of hydrogen-bond acceptors (Lipinski definition) is 5. The van der Waals surface area contributed by atoms with E-state index >= 15 is 0 Å². The number of carbonyl (C=O) groups is 1. The van der Waals surface area contributed by atoms with Gasteiger partial charge in [-0.3, -0.25) is 14.0 Å². The topological polar surface area (TPSA) is 57.9 Å². The van der Waals surface area contributed by atoms with Gasteiger partial charge < -0.3 is 9.80 Å². The molecule has 0 N–H and O–H groups in total. The average Bonchev–Trinajstić information content (AvgIpc) is 3.30. The van der Waals surface area contributed by atoms with Crippen LogP contribution in [0.3, 0.4) is 0 Å². The average molecular weight is 368 g/mol. The predicted molar refractivity (Wildman–Crippen MR) is 103 cm³/mol. The number of amides is 1. The quantitative estimate of drug-likeness (QED) is 0.709. The Morgan fingerprint density at radius 2 is 2.15 bits per heavy atom. The molecule has 1 aliphatic heterocycles. The zero-order valence-electron chi connectivity index (χ0n) is 14.5. The number of aromatic nitrogens is 2. The molecule has 0 spiro atoms. The van der Waals surface area contributed by atoms with E-state index in [1.165, 1.54) is 23.1 Å². The van der Waals surface area contributed by atoms with E-state index in [4.69, 9.17) is 0 Å². The summed E-state index contributed by atoms with van der Waals surface area (Å²) in [6.45, 7) is 2.61. The van der Waals surface area contributed by atoms with Crippen molar-refractivity contribution in [2.45, 2.75) is 6.42 Å². The van der Waals surface area contributed by atoms with Gasteiger partial charge in [0.2, 0.25) is 0 Å². The van der Waals surface area contributed by atoms with Crippen molar-refractivity contribution in [1.29, 1.82) is 0 Å². The third kappa shape index (κ3) is 3.22. The van der Waals surface area contributed by atoms with Crippen LogP contribution in [0.5, 0.6) is 0 Å². The molecule has 4 rings (SSSR count). The first-order valence-electron chi connectivity index (χ1n) is 8.64. The van der Waals surface area contributed by atoms with Crippen molar-refractivity contribution in [2.75, 3.05) is 31.6 Å².